The number of thioether (sulfide) groups is 1. The maximum atomic E-state index is 13.3. The number of anilines is 1. The van der Waals surface area contributed by atoms with E-state index in [-0.39, 0.29) is 34.4 Å². The van der Waals surface area contributed by atoms with Crippen LogP contribution in [0.3, 0.4) is 0 Å². The van der Waals surface area contributed by atoms with Crippen LogP contribution < -0.4 is 10.2 Å². The summed E-state index contributed by atoms with van der Waals surface area (Å²) in [5, 5.41) is 13.9. The van der Waals surface area contributed by atoms with E-state index in [9.17, 15) is 14.7 Å². The van der Waals surface area contributed by atoms with E-state index in [4.69, 9.17) is 0 Å². The maximum Gasteiger partial charge on any atom is 0.308 e. The quantitative estimate of drug-likeness (QED) is 0.402. The number of hydrogen-bond acceptors (Lipinski definition) is 5. The van der Waals surface area contributed by atoms with Crippen molar-refractivity contribution in [2.75, 3.05) is 5.32 Å². The second kappa shape index (κ2) is 8.80. The summed E-state index contributed by atoms with van der Waals surface area (Å²) in [6.45, 7) is 6.70. The second-order valence-corrected chi connectivity index (χ2v) is 13.7. The molecule has 7 heteroatoms. The average Bonchev–Trinajstić information content (AvgIpc) is 3.53. The van der Waals surface area contributed by atoms with E-state index in [1.807, 2.05) is 11.8 Å². The summed E-state index contributed by atoms with van der Waals surface area (Å²) in [7, 11) is 0. The third kappa shape index (κ3) is 4.10. The lowest BCUT2D eigenvalue weighted by atomic mass is 9.74. The lowest BCUT2D eigenvalue weighted by molar-refractivity contribution is -0.116. The largest absolute Gasteiger partial charge is 0.508 e. The maximum absolute atomic E-state index is 13.3. The van der Waals surface area contributed by atoms with Crippen molar-refractivity contribution in [2.45, 2.75) is 68.2 Å². The predicted molar refractivity (Wildman–Crippen MR) is 146 cm³/mol. The van der Waals surface area contributed by atoms with Crippen molar-refractivity contribution < 1.29 is 9.90 Å². The number of carbonyl (C=O) groups excluding carboxylic acids is 1. The zero-order valence-electron chi connectivity index (χ0n) is 20.9. The summed E-state index contributed by atoms with van der Waals surface area (Å²) < 4.78 is 1.69. The van der Waals surface area contributed by atoms with Crippen molar-refractivity contribution in [3.8, 4) is 5.75 Å². The zero-order valence-corrected chi connectivity index (χ0v) is 22.5. The molecule has 1 aliphatic heterocycles. The van der Waals surface area contributed by atoms with E-state index in [1.165, 1.54) is 53.9 Å². The molecule has 3 aliphatic rings. The molecule has 5 atom stereocenters. The topological polar surface area (TPSA) is 71.3 Å². The minimum absolute atomic E-state index is 0.000291. The number of phenolic OH excluding ortho intramolecular Hbond substituents is 1. The normalized spacial score (nSPS) is 26.5. The molecule has 2 heterocycles. The smallest absolute Gasteiger partial charge is 0.308 e. The van der Waals surface area contributed by atoms with Gasteiger partial charge in [-0.1, -0.05) is 56.4 Å². The van der Waals surface area contributed by atoms with Gasteiger partial charge in [-0.05, 0) is 77.8 Å². The average molecular weight is 521 g/mol. The van der Waals surface area contributed by atoms with Crippen molar-refractivity contribution in [2.24, 2.45) is 17.8 Å². The van der Waals surface area contributed by atoms with Gasteiger partial charge in [-0.3, -0.25) is 14.2 Å². The van der Waals surface area contributed by atoms with Crippen LogP contribution >= 0.6 is 23.1 Å². The van der Waals surface area contributed by atoms with Gasteiger partial charge in [0.05, 0.1) is 5.03 Å². The molecule has 0 saturated heterocycles. The predicted octanol–water partition coefficient (Wildman–Crippen LogP) is 6.20. The Labute approximate surface area is 219 Å². The summed E-state index contributed by atoms with van der Waals surface area (Å²) in [5.74, 6) is 2.11. The highest BCUT2D eigenvalue weighted by Crippen LogP contribution is 2.64. The zero-order chi connectivity index (χ0) is 25.2. The monoisotopic (exact) mass is 520 g/mol. The number of phenols is 1. The highest BCUT2D eigenvalue weighted by molar-refractivity contribution is 8.00. The number of thiazole rings is 1. The van der Waals surface area contributed by atoms with Gasteiger partial charge in [0.25, 0.3) is 0 Å². The van der Waals surface area contributed by atoms with Crippen LogP contribution in [0.2, 0.25) is 0 Å². The Balaban J connectivity index is 1.35. The fourth-order valence-corrected chi connectivity index (χ4v) is 9.69. The standard InChI is InChI=1S/C29H32N2O3S2/c1-29(2,3)19-8-6-16(7-9-19)23-24-17-4-5-18(14-17)25(24)35-27-26(23)36-28(34)31(27)15-22(33)30-20-10-12-21(32)13-11-20/h6-13,17-18,23-25,32H,4-5,14-15H2,1-3H3,(H,30,33)/t17-,18-,23-,24-,25+/m0/s1. The van der Waals surface area contributed by atoms with Gasteiger partial charge in [0.2, 0.25) is 5.91 Å². The van der Waals surface area contributed by atoms with Crippen LogP contribution in [0, 0.1) is 17.8 Å². The first-order valence-corrected chi connectivity index (χ1v) is 14.5. The van der Waals surface area contributed by atoms with Crippen molar-refractivity contribution in [3.63, 3.8) is 0 Å². The molecule has 2 aromatic carbocycles. The SMILES string of the molecule is CC(C)(C)c1ccc([C@@H]2c3sc(=O)n(CC(=O)Nc4ccc(O)cc4)c3S[C@@H]3[C@H]4CC[C@@H](C4)[C@@H]23)cc1. The molecule has 1 aromatic heterocycles. The molecule has 2 bridgehead atoms. The van der Waals surface area contributed by atoms with Crippen LogP contribution in [0.5, 0.6) is 5.75 Å². The number of fused-ring (bicyclic) bond motifs is 6. The number of aromatic hydroxyl groups is 1. The fourth-order valence-electron chi connectivity index (χ4n) is 6.54. The number of aromatic nitrogens is 1. The minimum atomic E-state index is -0.231. The Bertz CT molecular complexity index is 1350. The lowest BCUT2D eigenvalue weighted by Gasteiger charge is -2.40. The number of carbonyl (C=O) groups is 1. The highest BCUT2D eigenvalue weighted by Gasteiger charge is 2.55. The second-order valence-electron chi connectivity index (χ2n) is 11.6. The van der Waals surface area contributed by atoms with Crippen molar-refractivity contribution >= 4 is 34.7 Å². The van der Waals surface area contributed by atoms with Crippen molar-refractivity contribution in [1.82, 2.24) is 4.57 Å². The van der Waals surface area contributed by atoms with Crippen molar-refractivity contribution in [3.05, 3.63) is 74.2 Å². The van der Waals surface area contributed by atoms with Gasteiger partial charge in [0.1, 0.15) is 12.3 Å². The summed E-state index contributed by atoms with van der Waals surface area (Å²) in [5.41, 5.74) is 3.32. The Hall–Kier alpha value is -2.51. The molecule has 188 valence electrons. The van der Waals surface area contributed by atoms with Gasteiger partial charge < -0.3 is 10.4 Å². The van der Waals surface area contributed by atoms with Crippen molar-refractivity contribution in [1.29, 1.82) is 0 Å². The number of amides is 1. The molecule has 2 saturated carbocycles. The molecule has 0 radical (unpaired) electrons. The first kappa shape index (κ1) is 23.9. The molecule has 2 fully saturated rings. The van der Waals surface area contributed by atoms with Crippen LogP contribution in [0.4, 0.5) is 5.69 Å². The number of hydrogen-bond donors (Lipinski definition) is 2. The summed E-state index contributed by atoms with van der Waals surface area (Å²) in [6.07, 6.45) is 3.86. The number of nitrogens with zero attached hydrogens (tertiary/aromatic N) is 1. The Morgan fingerprint density at radius 1 is 1.06 bits per heavy atom. The van der Waals surface area contributed by atoms with E-state index in [0.717, 1.165) is 15.8 Å². The Morgan fingerprint density at radius 2 is 1.75 bits per heavy atom. The van der Waals surface area contributed by atoms with Gasteiger partial charge >= 0.3 is 4.87 Å². The van der Waals surface area contributed by atoms with Gasteiger partial charge in [-0.2, -0.15) is 0 Å². The highest BCUT2D eigenvalue weighted by atomic mass is 32.2. The van der Waals surface area contributed by atoms with E-state index >= 15 is 0 Å². The summed E-state index contributed by atoms with van der Waals surface area (Å²) >= 11 is 3.18. The summed E-state index contributed by atoms with van der Waals surface area (Å²) in [6, 6.07) is 15.5. The minimum Gasteiger partial charge on any atom is -0.508 e. The van der Waals surface area contributed by atoms with Gasteiger partial charge in [0.15, 0.2) is 0 Å². The van der Waals surface area contributed by atoms with Crippen LogP contribution in [0.15, 0.2) is 58.4 Å². The first-order chi connectivity index (χ1) is 17.2. The van der Waals surface area contributed by atoms with Gasteiger partial charge in [-0.25, -0.2) is 0 Å². The number of benzene rings is 2. The summed E-state index contributed by atoms with van der Waals surface area (Å²) in [4.78, 5) is 27.2. The van der Waals surface area contributed by atoms with E-state index in [2.05, 4.69) is 50.4 Å². The van der Waals surface area contributed by atoms with E-state index in [1.54, 1.807) is 16.7 Å². The third-order valence-corrected chi connectivity index (χ3v) is 11.1. The van der Waals surface area contributed by atoms with Crippen LogP contribution in [-0.4, -0.2) is 20.8 Å². The van der Waals surface area contributed by atoms with Crippen LogP contribution in [0.1, 0.15) is 62.0 Å². The number of rotatable bonds is 4. The lowest BCUT2D eigenvalue weighted by Crippen LogP contribution is -2.35. The molecule has 2 aliphatic carbocycles. The molecular formula is C29H32N2O3S2. The molecule has 3 aromatic rings. The third-order valence-electron chi connectivity index (χ3n) is 8.28. The number of nitrogens with one attached hydrogen (secondary N) is 1. The Kier molecular flexibility index (Phi) is 5.84. The first-order valence-electron chi connectivity index (χ1n) is 12.8. The van der Waals surface area contributed by atoms with Crippen LogP contribution in [0.25, 0.3) is 0 Å². The molecule has 6 rings (SSSR count). The van der Waals surface area contributed by atoms with Gasteiger partial charge in [-0.15, -0.1) is 11.8 Å². The molecule has 36 heavy (non-hydrogen) atoms. The Morgan fingerprint density at radius 3 is 2.44 bits per heavy atom. The van der Waals surface area contributed by atoms with E-state index < -0.39 is 0 Å². The molecular weight excluding hydrogens is 488 g/mol. The molecule has 2 N–H and O–H groups in total. The van der Waals surface area contributed by atoms with Crippen LogP contribution in [-0.2, 0) is 16.8 Å². The molecule has 5 nitrogen and oxygen atoms in total. The molecule has 0 unspecified atom stereocenters. The van der Waals surface area contributed by atoms with E-state index in [0.29, 0.717) is 22.8 Å². The molecule has 1 amide bonds. The molecule has 0 spiro atoms. The fraction of sp³-hybridized carbons (Fsp3) is 0.448. The van der Waals surface area contributed by atoms with Gasteiger partial charge in [0, 0.05) is 21.7 Å².